The van der Waals surface area contributed by atoms with Crippen molar-refractivity contribution in [3.8, 4) is 12.3 Å². The third kappa shape index (κ3) is 2.03. The average molecular weight is 185 g/mol. The van der Waals surface area contributed by atoms with Crippen molar-refractivity contribution in [2.45, 2.75) is 19.4 Å². The lowest BCUT2D eigenvalue weighted by molar-refractivity contribution is 0.113. The van der Waals surface area contributed by atoms with Gasteiger partial charge in [0.15, 0.2) is 5.60 Å². The van der Waals surface area contributed by atoms with Crippen LogP contribution in [0.5, 0.6) is 0 Å². The number of hydrogen-bond acceptors (Lipinski definition) is 3. The summed E-state index contributed by atoms with van der Waals surface area (Å²) in [6.07, 6.45) is 5.07. The largest absolute Gasteiger partial charge is 0.372 e. The van der Waals surface area contributed by atoms with Gasteiger partial charge in [-0.3, -0.25) is 0 Å². The van der Waals surface area contributed by atoms with Crippen molar-refractivity contribution < 1.29 is 9.63 Å². The molecule has 12 heavy (non-hydrogen) atoms. The predicted octanol–water partition coefficient (Wildman–Crippen LogP) is 0.937. The lowest BCUT2D eigenvalue weighted by Gasteiger charge is -2.10. The SMILES string of the molecule is C#C[C@](C)(O)c1cc(C)on1.S. The van der Waals surface area contributed by atoms with Gasteiger partial charge in [0, 0.05) is 6.07 Å². The Morgan fingerprint density at radius 3 is 2.67 bits per heavy atom. The highest BCUT2D eigenvalue weighted by atomic mass is 32.1. The van der Waals surface area contributed by atoms with Gasteiger partial charge in [0.05, 0.1) is 0 Å². The third-order valence-electron chi connectivity index (χ3n) is 1.41. The van der Waals surface area contributed by atoms with E-state index in [0.29, 0.717) is 11.5 Å². The zero-order valence-corrected chi connectivity index (χ0v) is 7.96. The fourth-order valence-electron chi connectivity index (χ4n) is 0.670. The molecule has 3 nitrogen and oxygen atoms in total. The van der Waals surface area contributed by atoms with Gasteiger partial charge in [-0.2, -0.15) is 13.5 Å². The lowest BCUT2D eigenvalue weighted by atomic mass is 10.0. The Balaban J connectivity index is 0.00000121. The molecule has 0 fully saturated rings. The van der Waals surface area contributed by atoms with E-state index in [9.17, 15) is 5.11 Å². The van der Waals surface area contributed by atoms with Crippen LogP contribution in [0.2, 0.25) is 0 Å². The highest BCUT2D eigenvalue weighted by molar-refractivity contribution is 7.59. The molecular weight excluding hydrogens is 174 g/mol. The molecule has 0 saturated carbocycles. The molecule has 1 aromatic heterocycles. The number of hydrogen-bond donors (Lipinski definition) is 1. The monoisotopic (exact) mass is 185 g/mol. The van der Waals surface area contributed by atoms with Crippen LogP contribution < -0.4 is 0 Å². The minimum atomic E-state index is -1.32. The van der Waals surface area contributed by atoms with Gasteiger partial charge in [0.25, 0.3) is 0 Å². The molecule has 1 heterocycles. The van der Waals surface area contributed by atoms with Crippen LogP contribution in [0.1, 0.15) is 18.4 Å². The second-order valence-electron chi connectivity index (χ2n) is 2.54. The second-order valence-corrected chi connectivity index (χ2v) is 2.54. The topological polar surface area (TPSA) is 46.3 Å². The molecule has 1 rings (SSSR count). The first-order valence-corrected chi connectivity index (χ1v) is 3.20. The van der Waals surface area contributed by atoms with Crippen molar-refractivity contribution in [3.63, 3.8) is 0 Å². The number of aryl methyl sites for hydroxylation is 1. The summed E-state index contributed by atoms with van der Waals surface area (Å²) >= 11 is 0. The molecule has 4 heteroatoms. The fourth-order valence-corrected chi connectivity index (χ4v) is 0.670. The van der Waals surface area contributed by atoms with Gasteiger partial charge in [0.1, 0.15) is 11.5 Å². The van der Waals surface area contributed by atoms with Crippen molar-refractivity contribution in [3.05, 3.63) is 17.5 Å². The van der Waals surface area contributed by atoms with Crippen LogP contribution in [0.15, 0.2) is 10.6 Å². The maximum atomic E-state index is 9.45. The first kappa shape index (κ1) is 11.1. The summed E-state index contributed by atoms with van der Waals surface area (Å²) in [6, 6.07) is 1.61. The Morgan fingerprint density at radius 2 is 2.33 bits per heavy atom. The van der Waals surface area contributed by atoms with Crippen LogP contribution in [0, 0.1) is 19.3 Å². The number of aromatic nitrogens is 1. The van der Waals surface area contributed by atoms with E-state index in [-0.39, 0.29) is 13.5 Å². The van der Waals surface area contributed by atoms with E-state index in [0.717, 1.165) is 0 Å². The highest BCUT2D eigenvalue weighted by Crippen LogP contribution is 2.18. The molecule has 66 valence electrons. The maximum absolute atomic E-state index is 9.45. The molecule has 0 saturated heterocycles. The number of aliphatic hydroxyl groups is 1. The summed E-state index contributed by atoms with van der Waals surface area (Å²) in [5, 5.41) is 13.0. The molecule has 1 atom stereocenters. The van der Waals surface area contributed by atoms with Crippen LogP contribution in [0.25, 0.3) is 0 Å². The van der Waals surface area contributed by atoms with E-state index < -0.39 is 5.60 Å². The number of rotatable bonds is 1. The number of terminal acetylenes is 1. The summed E-state index contributed by atoms with van der Waals surface area (Å²) in [4.78, 5) is 0. The van der Waals surface area contributed by atoms with Crippen LogP contribution in [0.4, 0.5) is 0 Å². The molecule has 0 aliphatic rings. The normalized spacial score (nSPS) is 14.2. The standard InChI is InChI=1S/C8H9NO2.H2S/c1-4-8(3,10)7-5-6(2)11-9-7;/h1,5,10H,2-3H3;1H2/t8-;/m0./s1. The van der Waals surface area contributed by atoms with E-state index in [1.54, 1.807) is 13.0 Å². The van der Waals surface area contributed by atoms with E-state index in [2.05, 4.69) is 11.1 Å². The van der Waals surface area contributed by atoms with Gasteiger partial charge < -0.3 is 9.63 Å². The molecule has 0 aliphatic heterocycles. The van der Waals surface area contributed by atoms with Gasteiger partial charge in [-0.1, -0.05) is 11.1 Å². The Labute approximate surface area is 78.2 Å². The minimum Gasteiger partial charge on any atom is -0.372 e. The van der Waals surface area contributed by atoms with Crippen LogP contribution in [-0.2, 0) is 5.60 Å². The minimum absolute atomic E-state index is 0. The number of nitrogens with zero attached hydrogens (tertiary/aromatic N) is 1. The first-order valence-electron chi connectivity index (χ1n) is 3.20. The summed E-state index contributed by atoms with van der Waals surface area (Å²) in [7, 11) is 0. The molecule has 0 radical (unpaired) electrons. The molecule has 0 bridgehead atoms. The Kier molecular flexibility index (Phi) is 3.37. The van der Waals surface area contributed by atoms with Crippen molar-refractivity contribution in [1.29, 1.82) is 0 Å². The molecule has 0 amide bonds. The van der Waals surface area contributed by atoms with Crippen LogP contribution in [-0.4, -0.2) is 10.3 Å². The van der Waals surface area contributed by atoms with Crippen LogP contribution >= 0.6 is 13.5 Å². The molecule has 0 aliphatic carbocycles. The van der Waals surface area contributed by atoms with E-state index in [1.165, 1.54) is 6.92 Å². The third-order valence-corrected chi connectivity index (χ3v) is 1.41. The lowest BCUT2D eigenvalue weighted by Crippen LogP contribution is -2.18. The second kappa shape index (κ2) is 3.65. The van der Waals surface area contributed by atoms with E-state index in [1.807, 2.05) is 0 Å². The molecule has 0 spiro atoms. The Hall–Kier alpha value is -0.920. The van der Waals surface area contributed by atoms with Crippen molar-refractivity contribution in [2.75, 3.05) is 0 Å². The van der Waals surface area contributed by atoms with Gasteiger partial charge in [-0.05, 0) is 13.8 Å². The van der Waals surface area contributed by atoms with Gasteiger partial charge >= 0.3 is 0 Å². The van der Waals surface area contributed by atoms with Gasteiger partial charge in [-0.15, -0.1) is 6.42 Å². The first-order chi connectivity index (χ1) is 5.06. The van der Waals surface area contributed by atoms with E-state index in [4.69, 9.17) is 10.9 Å². The van der Waals surface area contributed by atoms with Gasteiger partial charge in [0.2, 0.25) is 0 Å². The average Bonchev–Trinajstić information content (AvgIpc) is 2.36. The molecule has 1 N–H and O–H groups in total. The van der Waals surface area contributed by atoms with Gasteiger partial charge in [-0.25, -0.2) is 0 Å². The van der Waals surface area contributed by atoms with Crippen molar-refractivity contribution >= 4 is 13.5 Å². The fraction of sp³-hybridized carbons (Fsp3) is 0.375. The molecule has 0 unspecified atom stereocenters. The van der Waals surface area contributed by atoms with Crippen LogP contribution in [0.3, 0.4) is 0 Å². The van der Waals surface area contributed by atoms with Crippen molar-refractivity contribution in [1.82, 2.24) is 5.16 Å². The quantitative estimate of drug-likeness (QED) is 0.662. The molecular formula is C8H11NO2S. The summed E-state index contributed by atoms with van der Waals surface area (Å²) in [6.45, 7) is 3.23. The summed E-state index contributed by atoms with van der Waals surface area (Å²) < 4.78 is 4.75. The molecule has 0 aromatic carbocycles. The molecule has 1 aromatic rings. The Morgan fingerprint density at radius 1 is 1.75 bits per heavy atom. The summed E-state index contributed by atoms with van der Waals surface area (Å²) in [5.74, 6) is 2.84. The summed E-state index contributed by atoms with van der Waals surface area (Å²) in [5.41, 5.74) is -0.949. The highest BCUT2D eigenvalue weighted by Gasteiger charge is 2.23. The zero-order chi connectivity index (χ0) is 8.48. The Bertz CT molecular complexity index is 298. The predicted molar refractivity (Wildman–Crippen MR) is 50.0 cm³/mol. The maximum Gasteiger partial charge on any atom is 0.168 e. The van der Waals surface area contributed by atoms with E-state index >= 15 is 0 Å². The van der Waals surface area contributed by atoms with Crippen molar-refractivity contribution in [2.24, 2.45) is 0 Å². The zero-order valence-electron chi connectivity index (χ0n) is 6.96. The smallest absolute Gasteiger partial charge is 0.168 e.